The van der Waals surface area contributed by atoms with Gasteiger partial charge < -0.3 is 15.3 Å². The number of nitrogens with zero attached hydrogens (tertiary/aromatic N) is 2. The van der Waals surface area contributed by atoms with Crippen LogP contribution in [0.3, 0.4) is 0 Å². The van der Waals surface area contributed by atoms with E-state index in [0.717, 1.165) is 31.9 Å². The molecule has 108 valence electrons. The zero-order valence-electron chi connectivity index (χ0n) is 11.7. The smallest absolute Gasteiger partial charge is 0.193 e. The first kappa shape index (κ1) is 20.0. The lowest BCUT2D eigenvalue weighted by molar-refractivity contribution is 0.305. The molecule has 0 saturated carbocycles. The molecule has 18 heavy (non-hydrogen) atoms. The van der Waals surface area contributed by atoms with E-state index >= 15 is 0 Å². The average molecular weight is 369 g/mol. The van der Waals surface area contributed by atoms with Crippen LogP contribution in [0.1, 0.15) is 32.6 Å². The molecule has 0 aliphatic carbocycles. The first-order valence-corrected chi connectivity index (χ1v) is 6.47. The Hall–Kier alpha value is -0.300. The third-order valence-corrected chi connectivity index (χ3v) is 2.46. The fraction of sp³-hybridized carbons (Fsp3) is 0.769. The van der Waals surface area contributed by atoms with Crippen molar-refractivity contribution in [1.29, 1.82) is 0 Å². The highest BCUT2D eigenvalue weighted by Gasteiger charge is 2.04. The van der Waals surface area contributed by atoms with Crippen LogP contribution < -0.4 is 5.32 Å². The van der Waals surface area contributed by atoms with Gasteiger partial charge in [0.05, 0.1) is 13.2 Å². The predicted octanol–water partition coefficient (Wildman–Crippen LogP) is 2.24. The Labute approximate surface area is 129 Å². The summed E-state index contributed by atoms with van der Waals surface area (Å²) in [4.78, 5) is 6.43. The molecule has 0 aromatic carbocycles. The Balaban J connectivity index is 0. The monoisotopic (exact) mass is 369 g/mol. The lowest BCUT2D eigenvalue weighted by Crippen LogP contribution is -2.39. The predicted molar refractivity (Wildman–Crippen MR) is 89.8 cm³/mol. The summed E-state index contributed by atoms with van der Waals surface area (Å²) in [6.45, 7) is 8.17. The third-order valence-electron chi connectivity index (χ3n) is 2.46. The maximum absolute atomic E-state index is 8.78. The minimum atomic E-state index is 0. The number of nitrogens with one attached hydrogen (secondary N) is 1. The molecule has 0 aromatic heterocycles. The Bertz CT molecular complexity index is 222. The van der Waals surface area contributed by atoms with Gasteiger partial charge in [-0.25, -0.2) is 0 Å². The fourth-order valence-corrected chi connectivity index (χ4v) is 1.55. The van der Waals surface area contributed by atoms with Gasteiger partial charge >= 0.3 is 0 Å². The van der Waals surface area contributed by atoms with Gasteiger partial charge in [0.15, 0.2) is 5.96 Å². The van der Waals surface area contributed by atoms with Crippen LogP contribution >= 0.6 is 24.0 Å². The lowest BCUT2D eigenvalue weighted by atomic mass is 10.2. The van der Waals surface area contributed by atoms with Gasteiger partial charge in [0.1, 0.15) is 0 Å². The van der Waals surface area contributed by atoms with Crippen LogP contribution in [0.25, 0.3) is 0 Å². The van der Waals surface area contributed by atoms with Gasteiger partial charge in [-0.15, -0.1) is 30.6 Å². The Kier molecular flexibility index (Phi) is 16.4. The maximum Gasteiger partial charge on any atom is 0.193 e. The van der Waals surface area contributed by atoms with E-state index in [4.69, 9.17) is 5.11 Å². The van der Waals surface area contributed by atoms with Crippen LogP contribution in [0.5, 0.6) is 0 Å². The van der Waals surface area contributed by atoms with Crippen molar-refractivity contribution in [2.24, 2.45) is 4.99 Å². The summed E-state index contributed by atoms with van der Waals surface area (Å²) in [7, 11) is 2.03. The molecule has 0 aromatic rings. The number of rotatable bonds is 9. The number of unbranched alkanes of at least 4 members (excludes halogenated alkanes) is 3. The van der Waals surface area contributed by atoms with Crippen molar-refractivity contribution in [3.8, 4) is 0 Å². The summed E-state index contributed by atoms with van der Waals surface area (Å²) < 4.78 is 0. The van der Waals surface area contributed by atoms with E-state index in [-0.39, 0.29) is 30.6 Å². The van der Waals surface area contributed by atoms with Crippen LogP contribution in [0.4, 0.5) is 0 Å². The van der Waals surface area contributed by atoms with Crippen molar-refractivity contribution >= 4 is 29.9 Å². The van der Waals surface area contributed by atoms with E-state index < -0.39 is 0 Å². The molecular formula is C13H28IN3O. The molecule has 4 nitrogen and oxygen atoms in total. The van der Waals surface area contributed by atoms with E-state index in [1.165, 1.54) is 12.8 Å². The summed E-state index contributed by atoms with van der Waals surface area (Å²) in [5.74, 6) is 0.880. The van der Waals surface area contributed by atoms with Gasteiger partial charge in [0, 0.05) is 20.1 Å². The second kappa shape index (κ2) is 14.8. The second-order valence-corrected chi connectivity index (χ2v) is 4.02. The number of allylic oxidation sites excluding steroid dienone is 1. The molecule has 0 fully saturated rings. The van der Waals surface area contributed by atoms with Crippen molar-refractivity contribution in [3.63, 3.8) is 0 Å². The Morgan fingerprint density at radius 3 is 2.67 bits per heavy atom. The molecule has 0 radical (unpaired) electrons. The topological polar surface area (TPSA) is 47.9 Å². The molecule has 0 spiro atoms. The van der Waals surface area contributed by atoms with Crippen LogP contribution in [-0.2, 0) is 0 Å². The van der Waals surface area contributed by atoms with E-state index in [2.05, 4.69) is 21.8 Å². The normalized spacial score (nSPS) is 10.7. The molecule has 0 heterocycles. The van der Waals surface area contributed by atoms with Crippen molar-refractivity contribution < 1.29 is 5.11 Å². The SMILES string of the molecule is C=CCCCCCN(C)C(=NCCO)NCC.I. The lowest BCUT2D eigenvalue weighted by Gasteiger charge is -2.21. The van der Waals surface area contributed by atoms with Crippen molar-refractivity contribution in [2.45, 2.75) is 32.6 Å². The van der Waals surface area contributed by atoms with Crippen LogP contribution in [0.15, 0.2) is 17.6 Å². The molecule has 5 heteroatoms. The molecular weight excluding hydrogens is 341 g/mol. The van der Waals surface area contributed by atoms with E-state index in [1.54, 1.807) is 0 Å². The molecule has 0 unspecified atom stereocenters. The van der Waals surface area contributed by atoms with Crippen molar-refractivity contribution in [1.82, 2.24) is 10.2 Å². The van der Waals surface area contributed by atoms with Gasteiger partial charge in [-0.2, -0.15) is 0 Å². The van der Waals surface area contributed by atoms with Crippen LogP contribution in [-0.4, -0.2) is 49.3 Å². The molecule has 0 rings (SSSR count). The highest BCUT2D eigenvalue weighted by atomic mass is 127. The summed E-state index contributed by atoms with van der Waals surface area (Å²) in [6, 6.07) is 0. The molecule has 0 bridgehead atoms. The number of aliphatic hydroxyl groups is 1. The number of aliphatic imine (C=N–C) groups is 1. The first-order chi connectivity index (χ1) is 8.26. The Morgan fingerprint density at radius 2 is 2.11 bits per heavy atom. The van der Waals surface area contributed by atoms with Crippen molar-refractivity contribution in [2.75, 3.05) is 33.3 Å². The first-order valence-electron chi connectivity index (χ1n) is 6.47. The highest BCUT2D eigenvalue weighted by Crippen LogP contribution is 2.01. The molecule has 0 aliphatic heterocycles. The van der Waals surface area contributed by atoms with E-state index in [9.17, 15) is 0 Å². The van der Waals surface area contributed by atoms with Crippen molar-refractivity contribution in [3.05, 3.63) is 12.7 Å². The van der Waals surface area contributed by atoms with Gasteiger partial charge in [-0.3, -0.25) is 4.99 Å². The van der Waals surface area contributed by atoms with Gasteiger partial charge in [-0.1, -0.05) is 12.5 Å². The molecule has 0 amide bonds. The van der Waals surface area contributed by atoms with E-state index in [1.807, 2.05) is 20.0 Å². The summed E-state index contributed by atoms with van der Waals surface area (Å²) in [5, 5.41) is 12.0. The van der Waals surface area contributed by atoms with Gasteiger partial charge in [-0.05, 0) is 26.2 Å². The second-order valence-electron chi connectivity index (χ2n) is 4.02. The van der Waals surface area contributed by atoms with Crippen LogP contribution in [0.2, 0.25) is 0 Å². The summed E-state index contributed by atoms with van der Waals surface area (Å²) in [5.41, 5.74) is 0. The summed E-state index contributed by atoms with van der Waals surface area (Å²) >= 11 is 0. The zero-order chi connectivity index (χ0) is 12.9. The summed E-state index contributed by atoms with van der Waals surface area (Å²) in [6.07, 6.45) is 6.66. The van der Waals surface area contributed by atoms with Crippen LogP contribution in [0, 0.1) is 0 Å². The molecule has 2 N–H and O–H groups in total. The largest absolute Gasteiger partial charge is 0.394 e. The minimum Gasteiger partial charge on any atom is -0.394 e. The highest BCUT2D eigenvalue weighted by molar-refractivity contribution is 14.0. The molecule has 0 aliphatic rings. The standard InChI is InChI=1S/C13H27N3O.HI/c1-4-6-7-8-9-11-16(3)13(14-5-2)15-10-12-17;/h4,17H,1,5-12H2,2-3H3,(H,14,15);1H. The van der Waals surface area contributed by atoms with Gasteiger partial charge in [0.25, 0.3) is 0 Å². The third kappa shape index (κ3) is 10.8. The number of aliphatic hydroxyl groups excluding tert-OH is 1. The zero-order valence-corrected chi connectivity index (χ0v) is 14.0. The van der Waals surface area contributed by atoms with E-state index in [0.29, 0.717) is 6.54 Å². The molecule has 0 saturated heterocycles. The molecule has 0 atom stereocenters. The quantitative estimate of drug-likeness (QED) is 0.216. The average Bonchev–Trinajstić information content (AvgIpc) is 2.34. The maximum atomic E-state index is 8.78. The minimum absolute atomic E-state index is 0. The van der Waals surface area contributed by atoms with Gasteiger partial charge in [0.2, 0.25) is 0 Å². The number of hydrogen-bond acceptors (Lipinski definition) is 2. The fourth-order valence-electron chi connectivity index (χ4n) is 1.55. The number of halogens is 1. The number of hydrogen-bond donors (Lipinski definition) is 2. The number of guanidine groups is 1. The Morgan fingerprint density at radius 1 is 1.39 bits per heavy atom.